The zero-order valence-electron chi connectivity index (χ0n) is 15.6. The first kappa shape index (κ1) is 22.9. The van der Waals surface area contributed by atoms with Crippen LogP contribution in [0.5, 0.6) is 0 Å². The van der Waals surface area contributed by atoms with Gasteiger partial charge < -0.3 is 10.6 Å². The predicted octanol–water partition coefficient (Wildman–Crippen LogP) is 1.98. The summed E-state index contributed by atoms with van der Waals surface area (Å²) in [6.45, 7) is 7.54. The first-order chi connectivity index (χ1) is 11.8. The minimum Gasteiger partial charge on any atom is -0.351 e. The Kier molecular flexibility index (Phi) is 9.03. The molecule has 148 valence electrons. The molecular weight excluding hydrogens is 374 g/mol. The molecule has 26 heavy (non-hydrogen) atoms. The zero-order chi connectivity index (χ0) is 18.4. The molecule has 0 aliphatic carbocycles. The van der Waals surface area contributed by atoms with E-state index in [9.17, 15) is 13.2 Å². The Morgan fingerprint density at radius 3 is 2.46 bits per heavy atom. The lowest BCUT2D eigenvalue weighted by Gasteiger charge is -2.27. The van der Waals surface area contributed by atoms with Crippen molar-refractivity contribution >= 4 is 28.3 Å². The van der Waals surface area contributed by atoms with Crippen LogP contribution in [0, 0.1) is 12.8 Å². The van der Waals surface area contributed by atoms with Gasteiger partial charge in [-0.25, -0.2) is 8.42 Å². The van der Waals surface area contributed by atoms with Crippen molar-refractivity contribution in [3.05, 3.63) is 29.8 Å². The van der Waals surface area contributed by atoms with E-state index in [1.807, 2.05) is 20.8 Å². The van der Waals surface area contributed by atoms with E-state index in [4.69, 9.17) is 0 Å². The molecule has 1 aromatic rings. The van der Waals surface area contributed by atoms with Crippen molar-refractivity contribution in [3.63, 3.8) is 0 Å². The Morgan fingerprint density at radius 1 is 1.27 bits per heavy atom. The second-order valence-corrected chi connectivity index (χ2v) is 8.88. The fraction of sp³-hybridized carbons (Fsp3) is 0.611. The summed E-state index contributed by atoms with van der Waals surface area (Å²) in [4.78, 5) is 12.8. The molecule has 2 rings (SSSR count). The van der Waals surface area contributed by atoms with Crippen LogP contribution < -0.4 is 15.4 Å². The molecule has 3 N–H and O–H groups in total. The van der Waals surface area contributed by atoms with Crippen molar-refractivity contribution in [2.45, 2.75) is 57.0 Å². The van der Waals surface area contributed by atoms with Gasteiger partial charge in [0.05, 0.1) is 4.90 Å². The van der Waals surface area contributed by atoms with E-state index in [1.54, 1.807) is 24.3 Å². The molecule has 0 radical (unpaired) electrons. The molecule has 2 unspecified atom stereocenters. The van der Waals surface area contributed by atoms with Gasteiger partial charge in [0.2, 0.25) is 15.9 Å². The van der Waals surface area contributed by atoms with Gasteiger partial charge in [-0.15, -0.1) is 12.4 Å². The monoisotopic (exact) mass is 403 g/mol. The van der Waals surface area contributed by atoms with E-state index in [0.29, 0.717) is 6.42 Å². The van der Waals surface area contributed by atoms with Crippen molar-refractivity contribution in [1.29, 1.82) is 0 Å². The summed E-state index contributed by atoms with van der Waals surface area (Å²) in [5.74, 6) is -0.0564. The molecule has 0 aromatic heterocycles. The van der Waals surface area contributed by atoms with E-state index < -0.39 is 16.1 Å². The Bertz CT molecular complexity index is 671. The van der Waals surface area contributed by atoms with Crippen molar-refractivity contribution in [1.82, 2.24) is 15.4 Å². The lowest BCUT2D eigenvalue weighted by atomic mass is 10.0. The third-order valence-electron chi connectivity index (χ3n) is 4.30. The number of nitrogens with one attached hydrogen (secondary N) is 3. The normalized spacial score (nSPS) is 18.8. The van der Waals surface area contributed by atoms with E-state index >= 15 is 0 Å². The minimum absolute atomic E-state index is 0. The molecule has 1 aliphatic rings. The molecule has 0 saturated carbocycles. The number of rotatable bonds is 7. The maximum absolute atomic E-state index is 12.6. The number of carbonyl (C=O) groups is 1. The molecule has 8 heteroatoms. The molecule has 1 aliphatic heterocycles. The molecule has 1 fully saturated rings. The number of halogens is 1. The molecule has 6 nitrogen and oxygen atoms in total. The van der Waals surface area contributed by atoms with Gasteiger partial charge in [0, 0.05) is 12.6 Å². The topological polar surface area (TPSA) is 87.3 Å². The first-order valence-electron chi connectivity index (χ1n) is 8.88. The molecule has 1 heterocycles. The van der Waals surface area contributed by atoms with Crippen LogP contribution in [0.3, 0.4) is 0 Å². The second-order valence-electron chi connectivity index (χ2n) is 7.17. The molecule has 1 amide bonds. The summed E-state index contributed by atoms with van der Waals surface area (Å²) in [5.41, 5.74) is 0.986. The van der Waals surface area contributed by atoms with Crippen molar-refractivity contribution < 1.29 is 13.2 Å². The highest BCUT2D eigenvalue weighted by atomic mass is 35.5. The summed E-state index contributed by atoms with van der Waals surface area (Å²) in [5, 5.41) is 6.22. The van der Waals surface area contributed by atoms with Crippen molar-refractivity contribution in [2.75, 3.05) is 13.1 Å². The zero-order valence-corrected chi connectivity index (χ0v) is 17.3. The Labute approximate surface area is 163 Å². The first-order valence-corrected chi connectivity index (χ1v) is 10.4. The van der Waals surface area contributed by atoms with Gasteiger partial charge in [-0.3, -0.25) is 4.79 Å². The van der Waals surface area contributed by atoms with E-state index in [0.717, 1.165) is 31.5 Å². The summed E-state index contributed by atoms with van der Waals surface area (Å²) >= 11 is 0. The maximum Gasteiger partial charge on any atom is 0.241 e. The summed E-state index contributed by atoms with van der Waals surface area (Å²) < 4.78 is 27.8. The standard InChI is InChI=1S/C18H29N3O3S.ClH/c1-13(2)11-17(18(22)20-15-5-4-10-19-12-15)21-25(23,24)16-8-6-14(3)7-9-16;/h6-9,13,15,17,19,21H,4-5,10-12H2,1-3H3,(H,20,22);1H. The molecular formula is C18H30ClN3O3S. The van der Waals surface area contributed by atoms with Gasteiger partial charge >= 0.3 is 0 Å². The number of amides is 1. The van der Waals surface area contributed by atoms with Crippen LogP contribution in [0.4, 0.5) is 0 Å². The van der Waals surface area contributed by atoms with Gasteiger partial charge in [-0.1, -0.05) is 31.5 Å². The number of hydrogen-bond acceptors (Lipinski definition) is 4. The quantitative estimate of drug-likeness (QED) is 0.649. The minimum atomic E-state index is -3.73. The second kappa shape index (κ2) is 10.3. The number of hydrogen-bond donors (Lipinski definition) is 3. The van der Waals surface area contributed by atoms with Gasteiger partial charge in [0.25, 0.3) is 0 Å². The van der Waals surface area contributed by atoms with Gasteiger partial charge in [-0.05, 0) is 50.8 Å². The van der Waals surface area contributed by atoms with Crippen LogP contribution in [0.15, 0.2) is 29.2 Å². The summed E-state index contributed by atoms with van der Waals surface area (Å²) in [6, 6.07) is 5.91. The lowest BCUT2D eigenvalue weighted by molar-refractivity contribution is -0.123. The van der Waals surface area contributed by atoms with Gasteiger partial charge in [0.1, 0.15) is 6.04 Å². The van der Waals surface area contributed by atoms with E-state index in [-0.39, 0.29) is 35.2 Å². The summed E-state index contributed by atoms with van der Waals surface area (Å²) in [7, 11) is -3.73. The third-order valence-corrected chi connectivity index (χ3v) is 5.78. The van der Waals surface area contributed by atoms with Crippen LogP contribution in [-0.4, -0.2) is 39.5 Å². The molecule has 0 spiro atoms. The van der Waals surface area contributed by atoms with Crippen LogP contribution >= 0.6 is 12.4 Å². The average molecular weight is 404 g/mol. The maximum atomic E-state index is 12.6. The highest BCUT2D eigenvalue weighted by Gasteiger charge is 2.28. The highest BCUT2D eigenvalue weighted by molar-refractivity contribution is 7.89. The number of benzene rings is 1. The smallest absolute Gasteiger partial charge is 0.241 e. The number of aryl methyl sites for hydroxylation is 1. The molecule has 2 atom stereocenters. The molecule has 0 bridgehead atoms. The number of sulfonamides is 1. The van der Waals surface area contributed by atoms with Gasteiger partial charge in [-0.2, -0.15) is 4.72 Å². The van der Waals surface area contributed by atoms with Crippen molar-refractivity contribution in [2.24, 2.45) is 5.92 Å². The molecule has 1 saturated heterocycles. The van der Waals surface area contributed by atoms with Crippen LogP contribution in [0.1, 0.15) is 38.7 Å². The van der Waals surface area contributed by atoms with Crippen LogP contribution in [-0.2, 0) is 14.8 Å². The fourth-order valence-electron chi connectivity index (χ4n) is 2.93. The third kappa shape index (κ3) is 6.87. The van der Waals surface area contributed by atoms with Gasteiger partial charge in [0.15, 0.2) is 0 Å². The fourth-order valence-corrected chi connectivity index (χ4v) is 4.14. The largest absolute Gasteiger partial charge is 0.351 e. The predicted molar refractivity (Wildman–Crippen MR) is 106 cm³/mol. The van der Waals surface area contributed by atoms with Crippen LogP contribution in [0.25, 0.3) is 0 Å². The van der Waals surface area contributed by atoms with E-state index in [2.05, 4.69) is 15.4 Å². The van der Waals surface area contributed by atoms with Crippen LogP contribution in [0.2, 0.25) is 0 Å². The van der Waals surface area contributed by atoms with E-state index in [1.165, 1.54) is 0 Å². The lowest BCUT2D eigenvalue weighted by Crippen LogP contribution is -2.53. The Morgan fingerprint density at radius 2 is 1.92 bits per heavy atom. The molecule has 1 aromatic carbocycles. The Balaban J connectivity index is 0.00000338. The summed E-state index contributed by atoms with van der Waals surface area (Å²) in [6.07, 6.45) is 2.38. The number of carbonyl (C=O) groups excluding carboxylic acids is 1. The van der Waals surface area contributed by atoms with Crippen molar-refractivity contribution in [3.8, 4) is 0 Å². The Hall–Kier alpha value is -1.15. The average Bonchev–Trinajstić information content (AvgIpc) is 2.55. The number of piperidine rings is 1. The SMILES string of the molecule is Cc1ccc(S(=O)(=O)NC(CC(C)C)C(=O)NC2CCCNC2)cc1.Cl. The highest BCUT2D eigenvalue weighted by Crippen LogP contribution is 2.14.